The standard InChI is InChI=1S/C16H25N3O3S/c1-2-22-14(21)8-12-10-23-15(18-12)19-13(20)9-16(11-17)6-4-3-5-7-16/h10H,2-9,11,17H2,1H3,(H,18,19,20). The first kappa shape index (κ1) is 17.9. The Kier molecular flexibility index (Phi) is 6.53. The van der Waals surface area contributed by atoms with Crippen LogP contribution in [0.4, 0.5) is 5.13 Å². The van der Waals surface area contributed by atoms with Gasteiger partial charge in [-0.15, -0.1) is 11.3 Å². The van der Waals surface area contributed by atoms with Gasteiger partial charge < -0.3 is 15.8 Å². The molecule has 1 saturated carbocycles. The number of amides is 1. The highest BCUT2D eigenvalue weighted by Gasteiger charge is 2.33. The lowest BCUT2D eigenvalue weighted by Gasteiger charge is -2.35. The normalized spacial score (nSPS) is 16.8. The molecule has 0 unspecified atom stereocenters. The van der Waals surface area contributed by atoms with Crippen LogP contribution in [-0.2, 0) is 20.7 Å². The quantitative estimate of drug-likeness (QED) is 0.744. The fourth-order valence-electron chi connectivity index (χ4n) is 3.06. The third-order valence-corrected chi connectivity index (χ3v) is 5.12. The highest BCUT2D eigenvalue weighted by atomic mass is 32.1. The topological polar surface area (TPSA) is 94.3 Å². The van der Waals surface area contributed by atoms with E-state index < -0.39 is 0 Å². The van der Waals surface area contributed by atoms with Crippen LogP contribution in [0.5, 0.6) is 0 Å². The molecule has 1 fully saturated rings. The summed E-state index contributed by atoms with van der Waals surface area (Å²) >= 11 is 1.32. The van der Waals surface area contributed by atoms with E-state index in [0.717, 1.165) is 25.7 Å². The van der Waals surface area contributed by atoms with Crippen molar-refractivity contribution in [3.63, 3.8) is 0 Å². The van der Waals surface area contributed by atoms with Crippen LogP contribution in [0.15, 0.2) is 5.38 Å². The second-order valence-corrected chi connectivity index (χ2v) is 6.97. The summed E-state index contributed by atoms with van der Waals surface area (Å²) in [5.74, 6) is -0.352. The predicted molar refractivity (Wildman–Crippen MR) is 90.3 cm³/mol. The van der Waals surface area contributed by atoms with E-state index in [1.54, 1.807) is 12.3 Å². The second-order valence-electron chi connectivity index (χ2n) is 6.12. The van der Waals surface area contributed by atoms with Crippen LogP contribution in [0, 0.1) is 5.41 Å². The number of thiazole rings is 1. The van der Waals surface area contributed by atoms with Crippen LogP contribution >= 0.6 is 11.3 Å². The Morgan fingerprint density at radius 2 is 2.13 bits per heavy atom. The number of anilines is 1. The summed E-state index contributed by atoms with van der Waals surface area (Å²) in [5.41, 5.74) is 6.48. The van der Waals surface area contributed by atoms with Gasteiger partial charge in [0.25, 0.3) is 0 Å². The molecule has 23 heavy (non-hydrogen) atoms. The summed E-state index contributed by atoms with van der Waals surface area (Å²) in [6.07, 6.45) is 6.12. The lowest BCUT2D eigenvalue weighted by molar-refractivity contribution is -0.142. The maximum atomic E-state index is 12.3. The third-order valence-electron chi connectivity index (χ3n) is 4.31. The zero-order chi connectivity index (χ0) is 16.7. The van der Waals surface area contributed by atoms with Gasteiger partial charge in [-0.1, -0.05) is 19.3 Å². The molecule has 1 aromatic rings. The van der Waals surface area contributed by atoms with Crippen molar-refractivity contribution in [2.75, 3.05) is 18.5 Å². The number of esters is 1. The number of rotatable bonds is 7. The van der Waals surface area contributed by atoms with Crippen LogP contribution in [-0.4, -0.2) is 30.0 Å². The molecule has 1 heterocycles. The van der Waals surface area contributed by atoms with E-state index in [2.05, 4.69) is 10.3 Å². The zero-order valence-corrected chi connectivity index (χ0v) is 14.4. The van der Waals surface area contributed by atoms with Crippen molar-refractivity contribution in [1.29, 1.82) is 0 Å². The summed E-state index contributed by atoms with van der Waals surface area (Å²) in [4.78, 5) is 28.0. The minimum atomic E-state index is -0.306. The van der Waals surface area contributed by atoms with Crippen molar-refractivity contribution in [3.8, 4) is 0 Å². The van der Waals surface area contributed by atoms with E-state index in [1.807, 2.05) is 0 Å². The number of nitrogens with zero attached hydrogens (tertiary/aromatic N) is 1. The smallest absolute Gasteiger partial charge is 0.311 e. The first-order valence-electron chi connectivity index (χ1n) is 8.17. The molecular weight excluding hydrogens is 314 g/mol. The Morgan fingerprint density at radius 1 is 1.39 bits per heavy atom. The number of hydrogen-bond donors (Lipinski definition) is 2. The van der Waals surface area contributed by atoms with Crippen LogP contribution in [0.25, 0.3) is 0 Å². The van der Waals surface area contributed by atoms with E-state index in [1.165, 1.54) is 17.8 Å². The number of ether oxygens (including phenoxy) is 1. The highest BCUT2D eigenvalue weighted by molar-refractivity contribution is 7.13. The average Bonchev–Trinajstić information content (AvgIpc) is 2.95. The first-order valence-corrected chi connectivity index (χ1v) is 9.05. The largest absolute Gasteiger partial charge is 0.466 e. The summed E-state index contributed by atoms with van der Waals surface area (Å²) in [6.45, 7) is 2.67. The number of nitrogens with one attached hydrogen (secondary N) is 1. The molecule has 7 heteroatoms. The summed E-state index contributed by atoms with van der Waals surface area (Å²) in [5, 5.41) is 5.13. The van der Waals surface area contributed by atoms with Crippen LogP contribution in [0.2, 0.25) is 0 Å². The van der Waals surface area contributed by atoms with Crippen molar-refractivity contribution >= 4 is 28.3 Å². The van der Waals surface area contributed by atoms with Gasteiger partial charge in [0.05, 0.1) is 18.7 Å². The monoisotopic (exact) mass is 339 g/mol. The van der Waals surface area contributed by atoms with Gasteiger partial charge in [0.1, 0.15) is 0 Å². The van der Waals surface area contributed by atoms with Gasteiger partial charge in [-0.3, -0.25) is 9.59 Å². The molecular formula is C16H25N3O3S. The van der Waals surface area contributed by atoms with Crippen molar-refractivity contribution in [2.45, 2.75) is 51.9 Å². The SMILES string of the molecule is CCOC(=O)Cc1csc(NC(=O)CC2(CN)CCCCC2)n1. The molecule has 3 N–H and O–H groups in total. The number of hydrogen-bond acceptors (Lipinski definition) is 6. The summed E-state index contributed by atoms with van der Waals surface area (Å²) in [7, 11) is 0. The Bertz CT molecular complexity index is 538. The summed E-state index contributed by atoms with van der Waals surface area (Å²) in [6, 6.07) is 0. The van der Waals surface area contributed by atoms with E-state index in [9.17, 15) is 9.59 Å². The number of carbonyl (C=O) groups is 2. The lowest BCUT2D eigenvalue weighted by atomic mass is 9.72. The van der Waals surface area contributed by atoms with E-state index >= 15 is 0 Å². The number of carbonyl (C=O) groups excluding carboxylic acids is 2. The van der Waals surface area contributed by atoms with Gasteiger partial charge >= 0.3 is 5.97 Å². The molecule has 0 saturated heterocycles. The van der Waals surface area contributed by atoms with Crippen molar-refractivity contribution in [1.82, 2.24) is 4.98 Å². The molecule has 1 aliphatic rings. The zero-order valence-electron chi connectivity index (χ0n) is 13.6. The minimum Gasteiger partial charge on any atom is -0.466 e. The third kappa shape index (κ3) is 5.28. The molecule has 1 amide bonds. The average molecular weight is 339 g/mol. The first-order chi connectivity index (χ1) is 11.1. The van der Waals surface area contributed by atoms with Gasteiger partial charge in [0.15, 0.2) is 5.13 Å². The molecule has 0 aromatic carbocycles. The molecule has 1 aromatic heterocycles. The van der Waals surface area contributed by atoms with E-state index in [4.69, 9.17) is 10.5 Å². The van der Waals surface area contributed by atoms with Gasteiger partial charge in [-0.25, -0.2) is 4.98 Å². The van der Waals surface area contributed by atoms with E-state index in [-0.39, 0.29) is 23.7 Å². The molecule has 6 nitrogen and oxygen atoms in total. The molecule has 128 valence electrons. The maximum absolute atomic E-state index is 12.3. The van der Waals surface area contributed by atoms with Crippen molar-refractivity contribution in [2.24, 2.45) is 11.1 Å². The molecule has 0 radical (unpaired) electrons. The molecule has 0 bridgehead atoms. The van der Waals surface area contributed by atoms with Gasteiger partial charge in [-0.05, 0) is 31.7 Å². The van der Waals surface area contributed by atoms with Gasteiger partial charge in [0, 0.05) is 11.8 Å². The Morgan fingerprint density at radius 3 is 2.78 bits per heavy atom. The van der Waals surface area contributed by atoms with Crippen LogP contribution in [0.1, 0.15) is 51.1 Å². The fraction of sp³-hybridized carbons (Fsp3) is 0.688. The Labute approximate surface area is 140 Å². The lowest BCUT2D eigenvalue weighted by Crippen LogP contribution is -2.36. The van der Waals surface area contributed by atoms with Gasteiger partial charge in [-0.2, -0.15) is 0 Å². The van der Waals surface area contributed by atoms with Crippen molar-refractivity contribution in [3.05, 3.63) is 11.1 Å². The molecule has 2 rings (SSSR count). The summed E-state index contributed by atoms with van der Waals surface area (Å²) < 4.78 is 4.89. The van der Waals surface area contributed by atoms with Gasteiger partial charge in [0.2, 0.25) is 5.91 Å². The fourth-order valence-corrected chi connectivity index (χ4v) is 3.79. The second kappa shape index (κ2) is 8.40. The molecule has 1 aliphatic carbocycles. The number of aromatic nitrogens is 1. The Balaban J connectivity index is 1.87. The van der Waals surface area contributed by atoms with Crippen LogP contribution < -0.4 is 11.1 Å². The van der Waals surface area contributed by atoms with E-state index in [0.29, 0.717) is 30.4 Å². The number of nitrogens with two attached hydrogens (primary N) is 1. The van der Waals surface area contributed by atoms with Crippen molar-refractivity contribution < 1.29 is 14.3 Å². The molecule has 0 atom stereocenters. The molecule has 0 aliphatic heterocycles. The Hall–Kier alpha value is -1.47. The highest BCUT2D eigenvalue weighted by Crippen LogP contribution is 2.38. The molecule has 0 spiro atoms. The maximum Gasteiger partial charge on any atom is 0.311 e. The minimum absolute atomic E-state index is 0.0469. The van der Waals surface area contributed by atoms with Crippen LogP contribution in [0.3, 0.4) is 0 Å². The predicted octanol–water partition coefficient (Wildman–Crippen LogP) is 2.49.